The van der Waals surface area contributed by atoms with E-state index in [-0.39, 0.29) is 11.6 Å². The highest BCUT2D eigenvalue weighted by Gasteiger charge is 2.08. The molecule has 0 aliphatic carbocycles. The molecule has 0 aliphatic heterocycles. The topological polar surface area (TPSA) is 20.2 Å². The number of terminal acetylenes is 1. The summed E-state index contributed by atoms with van der Waals surface area (Å²) in [6.07, 6.45) is 5.56. The van der Waals surface area contributed by atoms with Gasteiger partial charge in [-0.2, -0.15) is 0 Å². The molecule has 2 rings (SSSR count). The Morgan fingerprint density at radius 2 is 1.35 bits per heavy atom. The zero-order valence-corrected chi connectivity index (χ0v) is 10.6. The Bertz CT molecular complexity index is 601. The molecule has 0 heterocycles. The Labute approximate surface area is 116 Å². The van der Waals surface area contributed by atoms with Crippen LogP contribution >= 0.6 is 0 Å². The zero-order chi connectivity index (χ0) is 14.5. The molecule has 1 atom stereocenters. The first-order valence-corrected chi connectivity index (χ1v) is 5.98. The van der Waals surface area contributed by atoms with E-state index in [4.69, 9.17) is 6.42 Å². The first-order valence-electron chi connectivity index (χ1n) is 5.98. The predicted octanol–water partition coefficient (Wildman–Crippen LogP) is 3.39. The van der Waals surface area contributed by atoms with E-state index in [2.05, 4.69) is 5.92 Å². The maximum Gasteiger partial charge on any atom is 0.134 e. The van der Waals surface area contributed by atoms with Crippen LogP contribution < -0.4 is 0 Å². The van der Waals surface area contributed by atoms with Crippen LogP contribution in [0.5, 0.6) is 0 Å². The second-order valence-electron chi connectivity index (χ2n) is 4.21. The predicted molar refractivity (Wildman–Crippen MR) is 74.7 cm³/mol. The Kier molecular flexibility index (Phi) is 4.29. The van der Waals surface area contributed by atoms with Crippen molar-refractivity contribution in [1.82, 2.24) is 0 Å². The molecule has 100 valence electrons. The highest BCUT2D eigenvalue weighted by Crippen LogP contribution is 2.24. The molecular formula is C17H12F2O. The fourth-order valence-corrected chi connectivity index (χ4v) is 1.82. The van der Waals surface area contributed by atoms with Crippen molar-refractivity contribution in [2.75, 3.05) is 0 Å². The molecular weight excluding hydrogens is 258 g/mol. The molecule has 1 unspecified atom stereocenters. The van der Waals surface area contributed by atoms with Crippen LogP contribution in [0, 0.1) is 24.0 Å². The number of benzene rings is 2. The minimum Gasteiger partial charge on any atom is -0.377 e. The van der Waals surface area contributed by atoms with Crippen LogP contribution in [0.1, 0.15) is 11.1 Å². The summed E-state index contributed by atoms with van der Waals surface area (Å²) in [7, 11) is 0. The second-order valence-corrected chi connectivity index (χ2v) is 4.21. The van der Waals surface area contributed by atoms with Gasteiger partial charge in [0.2, 0.25) is 0 Å². The fraction of sp³-hybridized carbons (Fsp3) is 0.0588. The van der Waals surface area contributed by atoms with E-state index in [0.717, 1.165) is 0 Å². The Hall–Kier alpha value is -2.44. The van der Waals surface area contributed by atoms with Gasteiger partial charge >= 0.3 is 0 Å². The third-order valence-corrected chi connectivity index (χ3v) is 2.81. The maximum atomic E-state index is 13.0. The Morgan fingerprint density at radius 1 is 0.950 bits per heavy atom. The van der Waals surface area contributed by atoms with Crippen molar-refractivity contribution in [1.29, 1.82) is 0 Å². The van der Waals surface area contributed by atoms with Gasteiger partial charge in [0.25, 0.3) is 0 Å². The molecule has 0 bridgehead atoms. The molecule has 2 aromatic rings. The van der Waals surface area contributed by atoms with Crippen molar-refractivity contribution in [2.45, 2.75) is 6.10 Å². The Balaban J connectivity index is 2.50. The molecule has 0 aliphatic rings. The number of rotatable bonds is 3. The minimum atomic E-state index is -1.07. The van der Waals surface area contributed by atoms with E-state index in [1.54, 1.807) is 24.3 Å². The lowest BCUT2D eigenvalue weighted by Gasteiger charge is -2.10. The fourth-order valence-electron chi connectivity index (χ4n) is 1.82. The number of aliphatic hydroxyl groups is 1. The Morgan fingerprint density at radius 3 is 1.70 bits per heavy atom. The summed E-state index contributed by atoms with van der Waals surface area (Å²) >= 11 is 0. The molecule has 3 heteroatoms. The van der Waals surface area contributed by atoms with E-state index < -0.39 is 6.10 Å². The third kappa shape index (κ3) is 3.31. The van der Waals surface area contributed by atoms with E-state index in [9.17, 15) is 13.9 Å². The van der Waals surface area contributed by atoms with Gasteiger partial charge in [-0.15, -0.1) is 6.42 Å². The first kappa shape index (κ1) is 14.0. The van der Waals surface area contributed by atoms with Crippen LogP contribution in [-0.4, -0.2) is 11.2 Å². The van der Waals surface area contributed by atoms with Crippen LogP contribution in [0.15, 0.2) is 54.6 Å². The van der Waals surface area contributed by atoms with Gasteiger partial charge in [-0.25, -0.2) is 8.78 Å². The molecule has 0 saturated heterocycles. The highest BCUT2D eigenvalue weighted by atomic mass is 19.1. The smallest absolute Gasteiger partial charge is 0.134 e. The standard InChI is InChI=1S/C17H12F2O/c1-2-16(20)11-17(12-3-7-14(18)8-4-12)13-5-9-15(19)10-6-13/h1,3-11,16,20H. The van der Waals surface area contributed by atoms with Gasteiger partial charge in [-0.1, -0.05) is 30.2 Å². The molecule has 0 spiro atoms. The molecule has 20 heavy (non-hydrogen) atoms. The van der Waals surface area contributed by atoms with Crippen LogP contribution in [0.25, 0.3) is 5.57 Å². The van der Waals surface area contributed by atoms with Crippen molar-refractivity contribution in [3.63, 3.8) is 0 Å². The average Bonchev–Trinajstić information content (AvgIpc) is 2.46. The van der Waals surface area contributed by atoms with Crippen LogP contribution in [0.2, 0.25) is 0 Å². The summed E-state index contributed by atoms with van der Waals surface area (Å²) in [6, 6.07) is 11.6. The van der Waals surface area contributed by atoms with Gasteiger partial charge in [0.1, 0.15) is 17.7 Å². The van der Waals surface area contributed by atoms with E-state index in [1.165, 1.54) is 30.3 Å². The number of hydrogen-bond acceptors (Lipinski definition) is 1. The summed E-state index contributed by atoms with van der Waals surface area (Å²) in [6.45, 7) is 0. The first-order chi connectivity index (χ1) is 9.60. The third-order valence-electron chi connectivity index (χ3n) is 2.81. The van der Waals surface area contributed by atoms with Gasteiger partial charge in [0.05, 0.1) is 0 Å². The molecule has 1 N–H and O–H groups in total. The van der Waals surface area contributed by atoms with Crippen molar-refractivity contribution in [2.24, 2.45) is 0 Å². The molecule has 0 fully saturated rings. The lowest BCUT2D eigenvalue weighted by atomic mass is 9.96. The number of halogens is 2. The molecule has 0 saturated carbocycles. The van der Waals surface area contributed by atoms with Gasteiger partial charge in [-0.3, -0.25) is 0 Å². The van der Waals surface area contributed by atoms with Crippen LogP contribution in [0.4, 0.5) is 8.78 Å². The molecule has 0 aromatic heterocycles. The monoisotopic (exact) mass is 270 g/mol. The largest absolute Gasteiger partial charge is 0.377 e. The normalized spacial score (nSPS) is 11.5. The summed E-state index contributed by atoms with van der Waals surface area (Å²) < 4.78 is 26.0. The zero-order valence-electron chi connectivity index (χ0n) is 10.6. The summed E-state index contributed by atoms with van der Waals surface area (Å²) in [5.41, 5.74) is 2.00. The highest BCUT2D eigenvalue weighted by molar-refractivity contribution is 5.80. The number of hydrogen-bond donors (Lipinski definition) is 1. The van der Waals surface area contributed by atoms with Gasteiger partial charge in [0, 0.05) is 0 Å². The van der Waals surface area contributed by atoms with Gasteiger partial charge in [0.15, 0.2) is 0 Å². The van der Waals surface area contributed by atoms with E-state index in [0.29, 0.717) is 16.7 Å². The quantitative estimate of drug-likeness (QED) is 0.848. The van der Waals surface area contributed by atoms with Crippen molar-refractivity contribution >= 4 is 5.57 Å². The number of aliphatic hydroxyl groups excluding tert-OH is 1. The van der Waals surface area contributed by atoms with Crippen molar-refractivity contribution in [3.05, 3.63) is 77.4 Å². The molecule has 1 nitrogen and oxygen atoms in total. The van der Waals surface area contributed by atoms with Gasteiger partial charge in [-0.05, 0) is 47.0 Å². The van der Waals surface area contributed by atoms with E-state index in [1.807, 2.05) is 0 Å². The molecule has 2 aromatic carbocycles. The van der Waals surface area contributed by atoms with Gasteiger partial charge < -0.3 is 5.11 Å². The second kappa shape index (κ2) is 6.14. The summed E-state index contributed by atoms with van der Waals surface area (Å²) in [5, 5.41) is 9.60. The minimum absolute atomic E-state index is 0.357. The average molecular weight is 270 g/mol. The summed E-state index contributed by atoms with van der Waals surface area (Å²) in [4.78, 5) is 0. The lowest BCUT2D eigenvalue weighted by molar-refractivity contribution is 0.281. The molecule has 0 radical (unpaired) electrons. The van der Waals surface area contributed by atoms with Crippen LogP contribution in [0.3, 0.4) is 0 Å². The van der Waals surface area contributed by atoms with Crippen molar-refractivity contribution in [3.8, 4) is 12.3 Å². The SMILES string of the molecule is C#CC(O)C=C(c1ccc(F)cc1)c1ccc(F)cc1. The lowest BCUT2D eigenvalue weighted by Crippen LogP contribution is -2.00. The maximum absolute atomic E-state index is 13.0. The summed E-state index contributed by atoms with van der Waals surface area (Å²) in [5.74, 6) is 1.48. The van der Waals surface area contributed by atoms with Crippen LogP contribution in [-0.2, 0) is 0 Å². The van der Waals surface area contributed by atoms with Crippen molar-refractivity contribution < 1.29 is 13.9 Å². The molecule has 0 amide bonds. The van der Waals surface area contributed by atoms with E-state index >= 15 is 0 Å².